The summed E-state index contributed by atoms with van der Waals surface area (Å²) in [7, 11) is 0. The van der Waals surface area contributed by atoms with E-state index in [0.717, 1.165) is 11.3 Å². The molecule has 0 radical (unpaired) electrons. The fourth-order valence-corrected chi connectivity index (χ4v) is 3.64. The van der Waals surface area contributed by atoms with Crippen LogP contribution in [0.15, 0.2) is 55.0 Å². The van der Waals surface area contributed by atoms with Gasteiger partial charge in [0.1, 0.15) is 5.82 Å². The van der Waals surface area contributed by atoms with Crippen molar-refractivity contribution in [2.75, 3.05) is 31.6 Å². The van der Waals surface area contributed by atoms with E-state index in [4.69, 9.17) is 22.1 Å². The first-order valence-electron chi connectivity index (χ1n) is 10.7. The van der Waals surface area contributed by atoms with E-state index in [0.29, 0.717) is 54.6 Å². The molecule has 11 heteroatoms. The molecule has 4 rings (SSSR count). The van der Waals surface area contributed by atoms with Crippen LogP contribution in [0.2, 0.25) is 5.02 Å². The van der Waals surface area contributed by atoms with Gasteiger partial charge in [-0.15, -0.1) is 12.4 Å². The number of rotatable bonds is 9. The quantitative estimate of drug-likeness (QED) is 0.284. The SMILES string of the molecule is Cc1cc(Nc2nccn3c(-c4ccc(Cl)c(F)c4)cnc23)ccc1C(=O)NCCOCCN.Cl. The van der Waals surface area contributed by atoms with Crippen molar-refractivity contribution in [3.05, 3.63) is 77.0 Å². The maximum atomic E-state index is 14.0. The Hall–Kier alpha value is -3.24. The van der Waals surface area contributed by atoms with Crippen molar-refractivity contribution in [1.82, 2.24) is 19.7 Å². The first kappa shape index (κ1) is 26.4. The number of anilines is 2. The molecule has 0 aliphatic heterocycles. The molecule has 0 aliphatic rings. The molecule has 1 amide bonds. The highest BCUT2D eigenvalue weighted by molar-refractivity contribution is 6.30. The maximum absolute atomic E-state index is 14.0. The summed E-state index contributed by atoms with van der Waals surface area (Å²) in [5.74, 6) is -0.144. The molecule has 0 fully saturated rings. The number of amides is 1. The minimum Gasteiger partial charge on any atom is -0.378 e. The molecule has 2 aromatic carbocycles. The molecule has 184 valence electrons. The van der Waals surface area contributed by atoms with E-state index >= 15 is 0 Å². The van der Waals surface area contributed by atoms with Gasteiger partial charge in [0.05, 0.1) is 30.1 Å². The standard InChI is InChI=1S/C24H24ClFN6O2.ClH/c1-15-12-17(3-4-18(15)24(33)29-8-11-34-10-6-27)31-22-23-30-14-21(32(23)9-7-28-22)16-2-5-19(25)20(26)13-16;/h2-5,7,9,12-14H,6,8,10-11,27H2,1H3,(H,28,31)(H,29,33);1H. The maximum Gasteiger partial charge on any atom is 0.251 e. The number of hydrogen-bond acceptors (Lipinski definition) is 6. The number of fused-ring (bicyclic) bond motifs is 1. The van der Waals surface area contributed by atoms with Crippen LogP contribution in [0.1, 0.15) is 15.9 Å². The third kappa shape index (κ3) is 6.07. The van der Waals surface area contributed by atoms with Gasteiger partial charge in [-0.2, -0.15) is 0 Å². The first-order valence-corrected chi connectivity index (χ1v) is 11.1. The lowest BCUT2D eigenvalue weighted by molar-refractivity contribution is 0.0919. The second kappa shape index (κ2) is 11.9. The molecule has 0 unspecified atom stereocenters. The number of halogens is 3. The zero-order valence-electron chi connectivity index (χ0n) is 18.9. The highest BCUT2D eigenvalue weighted by atomic mass is 35.5. The van der Waals surface area contributed by atoms with Gasteiger partial charge in [-0.05, 0) is 42.8 Å². The zero-order chi connectivity index (χ0) is 24.1. The number of hydrogen-bond donors (Lipinski definition) is 3. The number of ether oxygens (including phenoxy) is 1. The Morgan fingerprint density at radius 1 is 1.20 bits per heavy atom. The van der Waals surface area contributed by atoms with Gasteiger partial charge >= 0.3 is 0 Å². The molecule has 0 bridgehead atoms. The zero-order valence-corrected chi connectivity index (χ0v) is 20.5. The molecule has 0 aliphatic carbocycles. The molecular formula is C24H25Cl2FN6O2. The number of imidazole rings is 1. The van der Waals surface area contributed by atoms with Crippen LogP contribution in [-0.4, -0.2) is 46.6 Å². The molecule has 35 heavy (non-hydrogen) atoms. The topological polar surface area (TPSA) is 107 Å². The average Bonchev–Trinajstić information content (AvgIpc) is 3.26. The fraction of sp³-hybridized carbons (Fsp3) is 0.208. The smallest absolute Gasteiger partial charge is 0.251 e. The van der Waals surface area contributed by atoms with Gasteiger partial charge < -0.3 is 21.1 Å². The summed E-state index contributed by atoms with van der Waals surface area (Å²) in [6, 6.07) is 10.0. The van der Waals surface area contributed by atoms with Crippen LogP contribution >= 0.6 is 24.0 Å². The summed E-state index contributed by atoms with van der Waals surface area (Å²) in [5.41, 5.74) is 9.42. The van der Waals surface area contributed by atoms with Crippen LogP contribution in [-0.2, 0) is 4.74 Å². The molecule has 0 saturated carbocycles. The van der Waals surface area contributed by atoms with Crippen LogP contribution in [0.4, 0.5) is 15.9 Å². The van der Waals surface area contributed by atoms with Crippen molar-refractivity contribution in [1.29, 1.82) is 0 Å². The lowest BCUT2D eigenvalue weighted by Gasteiger charge is -2.12. The Morgan fingerprint density at radius 2 is 2.03 bits per heavy atom. The molecule has 4 aromatic rings. The summed E-state index contributed by atoms with van der Waals surface area (Å²) < 4.78 is 21.0. The van der Waals surface area contributed by atoms with Crippen LogP contribution in [0.25, 0.3) is 16.9 Å². The number of nitrogens with one attached hydrogen (secondary N) is 2. The highest BCUT2D eigenvalue weighted by Crippen LogP contribution is 2.28. The predicted molar refractivity (Wildman–Crippen MR) is 137 cm³/mol. The van der Waals surface area contributed by atoms with E-state index in [1.807, 2.05) is 17.4 Å². The van der Waals surface area contributed by atoms with E-state index in [9.17, 15) is 9.18 Å². The number of benzene rings is 2. The van der Waals surface area contributed by atoms with E-state index in [-0.39, 0.29) is 23.3 Å². The van der Waals surface area contributed by atoms with Crippen molar-refractivity contribution in [2.45, 2.75) is 6.92 Å². The highest BCUT2D eigenvalue weighted by Gasteiger charge is 2.14. The number of nitrogens with zero attached hydrogens (tertiary/aromatic N) is 3. The summed E-state index contributed by atoms with van der Waals surface area (Å²) in [4.78, 5) is 21.3. The van der Waals surface area contributed by atoms with Crippen LogP contribution in [0, 0.1) is 12.7 Å². The minimum absolute atomic E-state index is 0. The van der Waals surface area contributed by atoms with Gasteiger partial charge in [-0.1, -0.05) is 17.7 Å². The lowest BCUT2D eigenvalue weighted by Crippen LogP contribution is -2.28. The van der Waals surface area contributed by atoms with Crippen LogP contribution in [0.3, 0.4) is 0 Å². The van der Waals surface area contributed by atoms with Gasteiger partial charge in [0, 0.05) is 42.3 Å². The van der Waals surface area contributed by atoms with Crippen molar-refractivity contribution in [3.63, 3.8) is 0 Å². The summed E-state index contributed by atoms with van der Waals surface area (Å²) in [6.45, 7) is 3.59. The number of carbonyl (C=O) groups excluding carboxylic acids is 1. The number of nitrogens with two attached hydrogens (primary N) is 1. The second-order valence-electron chi connectivity index (χ2n) is 7.55. The average molecular weight is 519 g/mol. The summed E-state index contributed by atoms with van der Waals surface area (Å²) in [6.07, 6.45) is 5.04. The second-order valence-corrected chi connectivity index (χ2v) is 7.96. The van der Waals surface area contributed by atoms with Gasteiger partial charge in [0.2, 0.25) is 0 Å². The van der Waals surface area contributed by atoms with Crippen molar-refractivity contribution in [3.8, 4) is 11.3 Å². The summed E-state index contributed by atoms with van der Waals surface area (Å²) >= 11 is 5.81. The van der Waals surface area contributed by atoms with Gasteiger partial charge in [0.15, 0.2) is 11.5 Å². The first-order chi connectivity index (χ1) is 16.5. The van der Waals surface area contributed by atoms with Gasteiger partial charge in [0.25, 0.3) is 5.91 Å². The van der Waals surface area contributed by atoms with Gasteiger partial charge in [-0.25, -0.2) is 14.4 Å². The Bertz CT molecular complexity index is 1330. The van der Waals surface area contributed by atoms with Crippen LogP contribution in [0.5, 0.6) is 0 Å². The monoisotopic (exact) mass is 518 g/mol. The normalized spacial score (nSPS) is 10.7. The Morgan fingerprint density at radius 3 is 2.77 bits per heavy atom. The largest absolute Gasteiger partial charge is 0.378 e. The molecule has 0 atom stereocenters. The molecule has 2 aromatic heterocycles. The molecule has 8 nitrogen and oxygen atoms in total. The van der Waals surface area contributed by atoms with Crippen molar-refractivity contribution < 1.29 is 13.9 Å². The fourth-order valence-electron chi connectivity index (χ4n) is 3.53. The lowest BCUT2D eigenvalue weighted by atomic mass is 10.1. The number of carbonyl (C=O) groups is 1. The van der Waals surface area contributed by atoms with Crippen LogP contribution < -0.4 is 16.4 Å². The predicted octanol–water partition coefficient (Wildman–Crippen LogP) is 4.37. The number of aryl methyl sites for hydroxylation is 1. The molecule has 0 spiro atoms. The molecule has 4 N–H and O–H groups in total. The van der Waals surface area contributed by atoms with Crippen molar-refractivity contribution >= 4 is 47.1 Å². The van der Waals surface area contributed by atoms with E-state index in [2.05, 4.69) is 20.6 Å². The Labute approximate surface area is 213 Å². The Kier molecular flexibility index (Phi) is 9.00. The molecular weight excluding hydrogens is 494 g/mol. The number of aromatic nitrogens is 3. The molecule has 2 heterocycles. The van der Waals surface area contributed by atoms with Gasteiger partial charge in [-0.3, -0.25) is 9.20 Å². The van der Waals surface area contributed by atoms with E-state index in [1.165, 1.54) is 12.1 Å². The third-order valence-corrected chi connectivity index (χ3v) is 5.48. The Balaban J connectivity index is 0.00000342. The summed E-state index contributed by atoms with van der Waals surface area (Å²) in [5, 5.41) is 6.15. The molecule has 0 saturated heterocycles. The minimum atomic E-state index is -0.496. The van der Waals surface area contributed by atoms with E-state index in [1.54, 1.807) is 36.8 Å². The van der Waals surface area contributed by atoms with E-state index < -0.39 is 5.82 Å². The van der Waals surface area contributed by atoms with Crippen molar-refractivity contribution in [2.24, 2.45) is 5.73 Å². The third-order valence-electron chi connectivity index (χ3n) is 5.17.